The molecule has 0 unspecified atom stereocenters. The molecule has 2 aromatic rings. The number of aromatic nitrogens is 2. The van der Waals surface area contributed by atoms with Crippen molar-refractivity contribution in [2.24, 2.45) is 7.05 Å². The Balaban J connectivity index is 2.36. The predicted octanol–water partition coefficient (Wildman–Crippen LogP) is 2.96. The highest BCUT2D eigenvalue weighted by Crippen LogP contribution is 2.29. The van der Waals surface area contributed by atoms with Crippen LogP contribution in [0.5, 0.6) is 0 Å². The summed E-state index contributed by atoms with van der Waals surface area (Å²) in [4.78, 5) is 0. The van der Waals surface area contributed by atoms with E-state index in [2.05, 4.69) is 26.3 Å². The molecule has 0 aliphatic rings. The molecule has 0 aliphatic carbocycles. The first-order valence-electron chi connectivity index (χ1n) is 4.99. The molecule has 0 saturated heterocycles. The van der Waals surface area contributed by atoms with Gasteiger partial charge in [0, 0.05) is 19.3 Å². The van der Waals surface area contributed by atoms with E-state index in [1.807, 2.05) is 20.2 Å². The molecule has 1 aromatic heterocycles. The molecule has 2 rings (SSSR count). The van der Waals surface area contributed by atoms with Crippen LogP contribution in [-0.2, 0) is 7.05 Å². The molecule has 4 nitrogen and oxygen atoms in total. The monoisotopic (exact) mass is 298 g/mol. The second-order valence-corrected chi connectivity index (χ2v) is 4.63. The van der Waals surface area contributed by atoms with E-state index in [0.717, 1.165) is 11.4 Å². The van der Waals surface area contributed by atoms with Gasteiger partial charge >= 0.3 is 0 Å². The normalized spacial score (nSPS) is 10.6. The average molecular weight is 299 g/mol. The molecule has 3 N–H and O–H groups in total. The van der Waals surface area contributed by atoms with Crippen LogP contribution >= 0.6 is 15.9 Å². The van der Waals surface area contributed by atoms with Gasteiger partial charge in [0.15, 0.2) is 0 Å². The number of rotatable bonds is 2. The standard InChI is InChI=1S/C11H12BrFN4/c1-6-11(5-17(2)16-6)15-10-3-7(12)8(13)4-9(10)14/h3-5,15H,14H2,1-2H3. The zero-order chi connectivity index (χ0) is 12.6. The predicted molar refractivity (Wildman–Crippen MR) is 69.7 cm³/mol. The summed E-state index contributed by atoms with van der Waals surface area (Å²) in [6.45, 7) is 1.89. The minimum Gasteiger partial charge on any atom is -0.397 e. The van der Waals surface area contributed by atoms with Crippen LogP contribution in [0.25, 0.3) is 0 Å². The Bertz CT molecular complexity index is 565. The Kier molecular flexibility index (Phi) is 3.06. The molecule has 0 bridgehead atoms. The minimum absolute atomic E-state index is 0.356. The quantitative estimate of drug-likeness (QED) is 0.838. The van der Waals surface area contributed by atoms with Gasteiger partial charge in [0.2, 0.25) is 0 Å². The summed E-state index contributed by atoms with van der Waals surface area (Å²) in [5, 5.41) is 7.33. The largest absolute Gasteiger partial charge is 0.397 e. The molecule has 0 radical (unpaired) electrons. The summed E-state index contributed by atoms with van der Waals surface area (Å²) >= 11 is 3.13. The lowest BCUT2D eigenvalue weighted by molar-refractivity contribution is 0.622. The van der Waals surface area contributed by atoms with Crippen molar-refractivity contribution in [3.8, 4) is 0 Å². The van der Waals surface area contributed by atoms with Gasteiger partial charge in [0.05, 0.1) is 27.2 Å². The number of halogens is 2. The zero-order valence-corrected chi connectivity index (χ0v) is 11.0. The minimum atomic E-state index is -0.379. The number of nitrogens with zero attached hydrogens (tertiary/aromatic N) is 2. The maximum absolute atomic E-state index is 13.2. The first kappa shape index (κ1) is 11.9. The Morgan fingerprint density at radius 3 is 2.71 bits per heavy atom. The molecule has 0 saturated carbocycles. The maximum Gasteiger partial charge on any atom is 0.139 e. The Morgan fingerprint density at radius 2 is 2.12 bits per heavy atom. The smallest absolute Gasteiger partial charge is 0.139 e. The van der Waals surface area contributed by atoms with Crippen LogP contribution in [0.3, 0.4) is 0 Å². The van der Waals surface area contributed by atoms with Crippen LogP contribution in [0.1, 0.15) is 5.69 Å². The summed E-state index contributed by atoms with van der Waals surface area (Å²) in [5.41, 5.74) is 8.45. The third kappa shape index (κ3) is 2.41. The highest BCUT2D eigenvalue weighted by atomic mass is 79.9. The molecule has 0 amide bonds. The fourth-order valence-electron chi connectivity index (χ4n) is 1.54. The van der Waals surface area contributed by atoms with Gasteiger partial charge in [-0.15, -0.1) is 0 Å². The molecule has 17 heavy (non-hydrogen) atoms. The number of hydrogen-bond acceptors (Lipinski definition) is 3. The van der Waals surface area contributed by atoms with Crippen LogP contribution in [0.4, 0.5) is 21.5 Å². The summed E-state index contributed by atoms with van der Waals surface area (Å²) in [5.74, 6) is -0.379. The van der Waals surface area contributed by atoms with Gasteiger partial charge in [-0.05, 0) is 28.9 Å². The van der Waals surface area contributed by atoms with Gasteiger partial charge in [-0.3, -0.25) is 4.68 Å². The van der Waals surface area contributed by atoms with E-state index >= 15 is 0 Å². The Hall–Kier alpha value is -1.56. The van der Waals surface area contributed by atoms with Crippen molar-refractivity contribution in [2.75, 3.05) is 11.1 Å². The lowest BCUT2D eigenvalue weighted by Gasteiger charge is -2.09. The second-order valence-electron chi connectivity index (χ2n) is 3.78. The SMILES string of the molecule is Cc1nn(C)cc1Nc1cc(Br)c(F)cc1N. The average Bonchev–Trinajstić information content (AvgIpc) is 2.54. The third-order valence-electron chi connectivity index (χ3n) is 2.38. The third-order valence-corrected chi connectivity index (χ3v) is 2.98. The Morgan fingerprint density at radius 1 is 1.41 bits per heavy atom. The number of anilines is 3. The van der Waals surface area contributed by atoms with Crippen LogP contribution in [0.15, 0.2) is 22.8 Å². The number of nitrogens with one attached hydrogen (secondary N) is 1. The lowest BCUT2D eigenvalue weighted by Crippen LogP contribution is -1.98. The lowest BCUT2D eigenvalue weighted by atomic mass is 10.2. The zero-order valence-electron chi connectivity index (χ0n) is 9.46. The van der Waals surface area contributed by atoms with Gasteiger partial charge in [-0.1, -0.05) is 0 Å². The van der Waals surface area contributed by atoms with Gasteiger partial charge in [-0.25, -0.2) is 4.39 Å². The molecular weight excluding hydrogens is 287 g/mol. The molecule has 1 aromatic carbocycles. The number of benzene rings is 1. The number of nitrogen functional groups attached to an aromatic ring is 1. The first-order valence-corrected chi connectivity index (χ1v) is 5.78. The molecule has 90 valence electrons. The van der Waals surface area contributed by atoms with E-state index in [-0.39, 0.29) is 5.82 Å². The van der Waals surface area contributed by atoms with Gasteiger partial charge in [0.25, 0.3) is 0 Å². The van der Waals surface area contributed by atoms with Crippen molar-refractivity contribution in [3.05, 3.63) is 34.3 Å². The van der Waals surface area contributed by atoms with Crippen molar-refractivity contribution >= 4 is 33.0 Å². The van der Waals surface area contributed by atoms with Gasteiger partial charge in [0.1, 0.15) is 5.82 Å². The molecule has 6 heteroatoms. The van der Waals surface area contributed by atoms with E-state index in [9.17, 15) is 4.39 Å². The van der Waals surface area contributed by atoms with Crippen molar-refractivity contribution in [1.82, 2.24) is 9.78 Å². The molecule has 0 aliphatic heterocycles. The van der Waals surface area contributed by atoms with Crippen molar-refractivity contribution in [2.45, 2.75) is 6.92 Å². The summed E-state index contributed by atoms with van der Waals surface area (Å²) in [6.07, 6.45) is 1.84. The molecule has 0 fully saturated rings. The van der Waals surface area contributed by atoms with E-state index < -0.39 is 0 Å². The van der Waals surface area contributed by atoms with E-state index in [4.69, 9.17) is 5.73 Å². The number of hydrogen-bond donors (Lipinski definition) is 2. The van der Waals surface area contributed by atoms with Gasteiger partial charge in [-0.2, -0.15) is 5.10 Å². The Labute approximate surface area is 107 Å². The molecular formula is C11H12BrFN4. The van der Waals surface area contributed by atoms with Crippen molar-refractivity contribution in [3.63, 3.8) is 0 Å². The van der Waals surface area contributed by atoms with Crippen LogP contribution in [0.2, 0.25) is 0 Å². The van der Waals surface area contributed by atoms with Crippen LogP contribution in [0, 0.1) is 12.7 Å². The van der Waals surface area contributed by atoms with E-state index in [0.29, 0.717) is 15.8 Å². The highest BCUT2D eigenvalue weighted by molar-refractivity contribution is 9.10. The van der Waals surface area contributed by atoms with E-state index in [1.165, 1.54) is 6.07 Å². The topological polar surface area (TPSA) is 55.9 Å². The molecule has 0 spiro atoms. The fourth-order valence-corrected chi connectivity index (χ4v) is 1.88. The number of nitrogens with two attached hydrogens (primary N) is 1. The summed E-state index contributed by atoms with van der Waals surface area (Å²) < 4.78 is 15.3. The molecule has 1 heterocycles. The second kappa shape index (κ2) is 4.37. The molecule has 0 atom stereocenters. The van der Waals surface area contributed by atoms with Crippen molar-refractivity contribution < 1.29 is 4.39 Å². The van der Waals surface area contributed by atoms with Crippen LogP contribution in [-0.4, -0.2) is 9.78 Å². The van der Waals surface area contributed by atoms with Gasteiger partial charge < -0.3 is 11.1 Å². The van der Waals surface area contributed by atoms with Crippen molar-refractivity contribution in [1.29, 1.82) is 0 Å². The summed E-state index contributed by atoms with van der Waals surface area (Å²) in [6, 6.07) is 2.88. The number of aryl methyl sites for hydroxylation is 2. The maximum atomic E-state index is 13.2. The fraction of sp³-hybridized carbons (Fsp3) is 0.182. The first-order chi connectivity index (χ1) is 7.97. The van der Waals surface area contributed by atoms with Crippen LogP contribution < -0.4 is 11.1 Å². The summed E-state index contributed by atoms with van der Waals surface area (Å²) in [7, 11) is 1.84. The van der Waals surface area contributed by atoms with E-state index in [1.54, 1.807) is 10.7 Å². The highest BCUT2D eigenvalue weighted by Gasteiger charge is 2.09.